The van der Waals surface area contributed by atoms with Gasteiger partial charge in [0.25, 0.3) is 0 Å². The minimum Gasteiger partial charge on any atom is -0.357 e. The molecule has 0 spiro atoms. The van der Waals surface area contributed by atoms with E-state index in [1.54, 1.807) is 6.33 Å². The summed E-state index contributed by atoms with van der Waals surface area (Å²) in [5.74, 6) is 0.994. The molecule has 114 valence electrons. The number of anilines is 1. The largest absolute Gasteiger partial charge is 0.357 e. The predicted molar refractivity (Wildman–Crippen MR) is 92.5 cm³/mol. The Balaban J connectivity index is 0.00000220. The Morgan fingerprint density at radius 1 is 1.00 bits per heavy atom. The Bertz CT molecular complexity index is 537. The van der Waals surface area contributed by atoms with E-state index in [4.69, 9.17) is 11.6 Å². The number of aromatic nitrogens is 2. The highest BCUT2D eigenvalue weighted by Crippen LogP contribution is 2.22. The Labute approximate surface area is 137 Å². The fourth-order valence-electron chi connectivity index (χ4n) is 2.18. The first-order chi connectivity index (χ1) is 9.74. The van der Waals surface area contributed by atoms with Crippen molar-refractivity contribution < 1.29 is 0 Å². The summed E-state index contributed by atoms with van der Waals surface area (Å²) in [6.07, 6.45) is 3.86. The molecule has 0 aliphatic carbocycles. The molecule has 0 saturated heterocycles. The zero-order valence-electron chi connectivity index (χ0n) is 12.4. The first-order valence-corrected chi connectivity index (χ1v) is 7.45. The van der Waals surface area contributed by atoms with Crippen molar-refractivity contribution in [2.45, 2.75) is 26.7 Å². The third-order valence-electron chi connectivity index (χ3n) is 3.10. The van der Waals surface area contributed by atoms with Crippen LogP contribution in [0, 0.1) is 0 Å². The van der Waals surface area contributed by atoms with Crippen LogP contribution in [0.3, 0.4) is 0 Å². The quantitative estimate of drug-likeness (QED) is 0.760. The van der Waals surface area contributed by atoms with Crippen LogP contribution in [-0.4, -0.2) is 23.1 Å². The molecular formula is C16H21Cl2N3. The zero-order valence-corrected chi connectivity index (χ0v) is 14.0. The van der Waals surface area contributed by atoms with Crippen LogP contribution in [0.4, 0.5) is 5.82 Å². The van der Waals surface area contributed by atoms with E-state index in [1.807, 2.05) is 24.3 Å². The maximum atomic E-state index is 5.92. The summed E-state index contributed by atoms with van der Waals surface area (Å²) in [5, 5.41) is 0.738. The Kier molecular flexibility index (Phi) is 7.48. The molecule has 0 bridgehead atoms. The SMILES string of the molecule is CCCN(CCC)c1cc(-c2ccc(Cl)cc2)ncn1.Cl. The summed E-state index contributed by atoms with van der Waals surface area (Å²) in [5.41, 5.74) is 2.00. The predicted octanol–water partition coefficient (Wildman–Crippen LogP) is 4.85. The van der Waals surface area contributed by atoms with Gasteiger partial charge in [0.2, 0.25) is 0 Å². The molecule has 0 radical (unpaired) electrons. The average Bonchev–Trinajstić information content (AvgIpc) is 2.48. The van der Waals surface area contributed by atoms with E-state index in [1.165, 1.54) is 0 Å². The van der Waals surface area contributed by atoms with Gasteiger partial charge in [-0.2, -0.15) is 0 Å². The Morgan fingerprint density at radius 3 is 2.19 bits per heavy atom. The van der Waals surface area contributed by atoms with Gasteiger partial charge in [0, 0.05) is 29.7 Å². The van der Waals surface area contributed by atoms with E-state index in [-0.39, 0.29) is 12.4 Å². The minimum atomic E-state index is 0. The van der Waals surface area contributed by atoms with Crippen molar-refractivity contribution in [3.8, 4) is 11.3 Å². The topological polar surface area (TPSA) is 29.0 Å². The molecular weight excluding hydrogens is 305 g/mol. The van der Waals surface area contributed by atoms with E-state index in [0.717, 1.165) is 48.0 Å². The second-order valence-electron chi connectivity index (χ2n) is 4.76. The van der Waals surface area contributed by atoms with Gasteiger partial charge in [0.15, 0.2) is 0 Å². The highest BCUT2D eigenvalue weighted by atomic mass is 35.5. The molecule has 2 aromatic rings. The van der Waals surface area contributed by atoms with E-state index in [2.05, 4.69) is 34.8 Å². The highest BCUT2D eigenvalue weighted by Gasteiger charge is 2.08. The number of halogens is 2. The molecule has 5 heteroatoms. The summed E-state index contributed by atoms with van der Waals surface area (Å²) >= 11 is 5.92. The molecule has 0 unspecified atom stereocenters. The summed E-state index contributed by atoms with van der Waals surface area (Å²) in [4.78, 5) is 11.1. The van der Waals surface area contributed by atoms with Crippen molar-refractivity contribution in [2.24, 2.45) is 0 Å². The smallest absolute Gasteiger partial charge is 0.132 e. The van der Waals surface area contributed by atoms with E-state index >= 15 is 0 Å². The highest BCUT2D eigenvalue weighted by molar-refractivity contribution is 6.30. The molecule has 21 heavy (non-hydrogen) atoms. The average molecular weight is 326 g/mol. The van der Waals surface area contributed by atoms with E-state index < -0.39 is 0 Å². The summed E-state index contributed by atoms with van der Waals surface area (Å²) in [6, 6.07) is 9.79. The normalized spacial score (nSPS) is 10.0. The molecule has 2 rings (SSSR count). The van der Waals surface area contributed by atoms with Gasteiger partial charge in [-0.1, -0.05) is 37.6 Å². The summed E-state index contributed by atoms with van der Waals surface area (Å²) < 4.78 is 0. The van der Waals surface area contributed by atoms with Gasteiger partial charge < -0.3 is 4.90 Å². The van der Waals surface area contributed by atoms with Crippen LogP contribution in [0.1, 0.15) is 26.7 Å². The fraction of sp³-hybridized carbons (Fsp3) is 0.375. The van der Waals surface area contributed by atoms with Crippen LogP contribution in [0.25, 0.3) is 11.3 Å². The molecule has 0 aliphatic rings. The van der Waals surface area contributed by atoms with Crippen LogP contribution in [0.15, 0.2) is 36.7 Å². The van der Waals surface area contributed by atoms with Gasteiger partial charge in [-0.3, -0.25) is 0 Å². The molecule has 1 aromatic carbocycles. The number of rotatable bonds is 6. The first-order valence-electron chi connectivity index (χ1n) is 7.07. The Hall–Kier alpha value is -1.32. The van der Waals surface area contributed by atoms with Gasteiger partial charge in [-0.15, -0.1) is 12.4 Å². The molecule has 1 aromatic heterocycles. The van der Waals surface area contributed by atoms with Gasteiger partial charge in [0.1, 0.15) is 12.1 Å². The summed E-state index contributed by atoms with van der Waals surface area (Å²) in [7, 11) is 0. The van der Waals surface area contributed by atoms with E-state index in [0.29, 0.717) is 0 Å². The molecule has 0 aliphatic heterocycles. The van der Waals surface area contributed by atoms with Crippen molar-refractivity contribution in [3.05, 3.63) is 41.7 Å². The van der Waals surface area contributed by atoms with Crippen molar-refractivity contribution in [2.75, 3.05) is 18.0 Å². The molecule has 0 amide bonds. The van der Waals surface area contributed by atoms with Crippen molar-refractivity contribution in [1.82, 2.24) is 9.97 Å². The molecule has 0 fully saturated rings. The van der Waals surface area contributed by atoms with Crippen LogP contribution < -0.4 is 4.90 Å². The maximum Gasteiger partial charge on any atom is 0.132 e. The molecule has 0 N–H and O–H groups in total. The number of hydrogen-bond donors (Lipinski definition) is 0. The molecule has 3 nitrogen and oxygen atoms in total. The lowest BCUT2D eigenvalue weighted by molar-refractivity contribution is 0.733. The third-order valence-corrected chi connectivity index (χ3v) is 3.36. The molecule has 0 saturated carbocycles. The lowest BCUT2D eigenvalue weighted by atomic mass is 10.1. The third kappa shape index (κ3) is 4.87. The van der Waals surface area contributed by atoms with Crippen LogP contribution in [0.5, 0.6) is 0 Å². The van der Waals surface area contributed by atoms with E-state index in [9.17, 15) is 0 Å². The van der Waals surface area contributed by atoms with Gasteiger partial charge >= 0.3 is 0 Å². The van der Waals surface area contributed by atoms with Crippen molar-refractivity contribution >= 4 is 29.8 Å². The van der Waals surface area contributed by atoms with Crippen LogP contribution in [-0.2, 0) is 0 Å². The minimum absolute atomic E-state index is 0. The van der Waals surface area contributed by atoms with Crippen LogP contribution in [0.2, 0.25) is 5.02 Å². The van der Waals surface area contributed by atoms with Gasteiger partial charge in [-0.05, 0) is 25.0 Å². The second kappa shape index (κ2) is 8.85. The lowest BCUT2D eigenvalue weighted by Crippen LogP contribution is -2.25. The first kappa shape index (κ1) is 17.7. The second-order valence-corrected chi connectivity index (χ2v) is 5.19. The van der Waals surface area contributed by atoms with Gasteiger partial charge in [0.05, 0.1) is 5.69 Å². The fourth-order valence-corrected chi connectivity index (χ4v) is 2.31. The molecule has 0 atom stereocenters. The monoisotopic (exact) mass is 325 g/mol. The zero-order chi connectivity index (χ0) is 14.4. The van der Waals surface area contributed by atoms with Crippen LogP contribution >= 0.6 is 24.0 Å². The molecule has 1 heterocycles. The number of benzene rings is 1. The van der Waals surface area contributed by atoms with Crippen molar-refractivity contribution in [3.63, 3.8) is 0 Å². The number of nitrogens with zero attached hydrogens (tertiary/aromatic N) is 3. The Morgan fingerprint density at radius 2 is 1.62 bits per heavy atom. The number of hydrogen-bond acceptors (Lipinski definition) is 3. The maximum absolute atomic E-state index is 5.92. The summed E-state index contributed by atoms with van der Waals surface area (Å²) in [6.45, 7) is 6.41. The van der Waals surface area contributed by atoms with Gasteiger partial charge in [-0.25, -0.2) is 9.97 Å². The van der Waals surface area contributed by atoms with Crippen molar-refractivity contribution in [1.29, 1.82) is 0 Å². The standard InChI is InChI=1S/C16H20ClN3.ClH/c1-3-9-20(10-4-2)16-11-15(18-12-19-16)13-5-7-14(17)8-6-13;/h5-8,11-12H,3-4,9-10H2,1-2H3;1H. The lowest BCUT2D eigenvalue weighted by Gasteiger charge is -2.22.